The lowest BCUT2D eigenvalue weighted by Gasteiger charge is -2.13. The molecule has 1 amide bonds. The first-order chi connectivity index (χ1) is 20.6. The lowest BCUT2D eigenvalue weighted by molar-refractivity contribution is -0.147. The van der Waals surface area contributed by atoms with Crippen molar-refractivity contribution in [2.45, 2.75) is 47.1 Å². The fourth-order valence-electron chi connectivity index (χ4n) is 3.33. The second-order valence-corrected chi connectivity index (χ2v) is 8.97. The SMILES string of the molecule is CC.CCOC(=O)C(CC)NC(C)=O.CSC(=O)c1ccccc1OC(=O)c1ccccc1OC(=O)c1ccccc1O. The van der Waals surface area contributed by atoms with Crippen molar-refractivity contribution in [3.05, 3.63) is 89.5 Å². The van der Waals surface area contributed by atoms with Crippen LogP contribution < -0.4 is 14.8 Å². The van der Waals surface area contributed by atoms with Crippen molar-refractivity contribution in [1.82, 2.24) is 5.32 Å². The second-order valence-electron chi connectivity index (χ2n) is 8.19. The number of esters is 3. The molecule has 230 valence electrons. The Bertz CT molecular complexity index is 1390. The molecule has 0 aliphatic heterocycles. The number of hydrogen-bond acceptors (Lipinski definition) is 10. The van der Waals surface area contributed by atoms with E-state index in [0.29, 0.717) is 13.0 Å². The number of amides is 1. The van der Waals surface area contributed by atoms with Gasteiger partial charge in [-0.25, -0.2) is 14.4 Å². The highest BCUT2D eigenvalue weighted by Gasteiger charge is 2.21. The Labute approximate surface area is 255 Å². The molecule has 0 saturated carbocycles. The molecule has 0 aliphatic rings. The molecular formula is C32H37NO9S. The van der Waals surface area contributed by atoms with Gasteiger partial charge in [0.05, 0.1) is 12.2 Å². The summed E-state index contributed by atoms with van der Waals surface area (Å²) < 4.78 is 15.4. The van der Waals surface area contributed by atoms with Gasteiger partial charge in [0, 0.05) is 6.92 Å². The Kier molecular flexibility index (Phi) is 16.5. The highest BCUT2D eigenvalue weighted by molar-refractivity contribution is 8.13. The van der Waals surface area contributed by atoms with E-state index >= 15 is 0 Å². The van der Waals surface area contributed by atoms with Crippen molar-refractivity contribution >= 4 is 40.7 Å². The number of nitrogens with one attached hydrogen (secondary N) is 1. The van der Waals surface area contributed by atoms with Crippen LogP contribution in [0, 0.1) is 0 Å². The number of ether oxygens (including phenoxy) is 3. The molecule has 0 aliphatic carbocycles. The first kappa shape index (κ1) is 36.4. The van der Waals surface area contributed by atoms with Crippen molar-refractivity contribution in [3.63, 3.8) is 0 Å². The van der Waals surface area contributed by atoms with E-state index in [4.69, 9.17) is 14.2 Å². The smallest absolute Gasteiger partial charge is 0.347 e. The normalized spacial score (nSPS) is 10.4. The van der Waals surface area contributed by atoms with Gasteiger partial charge in [0.15, 0.2) is 0 Å². The Hall–Kier alpha value is -4.64. The van der Waals surface area contributed by atoms with Crippen LogP contribution in [0.5, 0.6) is 17.2 Å². The predicted octanol–water partition coefficient (Wildman–Crippen LogP) is 5.82. The lowest BCUT2D eigenvalue weighted by Crippen LogP contribution is -2.40. The molecule has 2 N–H and O–H groups in total. The number of hydrogen-bond donors (Lipinski definition) is 2. The van der Waals surface area contributed by atoms with Crippen LogP contribution in [0.15, 0.2) is 72.8 Å². The topological polar surface area (TPSA) is 145 Å². The van der Waals surface area contributed by atoms with E-state index in [0.717, 1.165) is 11.8 Å². The summed E-state index contributed by atoms with van der Waals surface area (Å²) in [7, 11) is 0. The van der Waals surface area contributed by atoms with Crippen LogP contribution in [0.1, 0.15) is 72.1 Å². The van der Waals surface area contributed by atoms with E-state index in [2.05, 4.69) is 5.32 Å². The molecule has 10 nitrogen and oxygen atoms in total. The van der Waals surface area contributed by atoms with Gasteiger partial charge in [0.1, 0.15) is 34.4 Å². The van der Waals surface area contributed by atoms with Crippen LogP contribution in [0.25, 0.3) is 0 Å². The molecular weight excluding hydrogens is 574 g/mol. The second kappa shape index (κ2) is 19.5. The number of thioether (sulfide) groups is 1. The zero-order valence-electron chi connectivity index (χ0n) is 25.0. The molecule has 0 bridgehead atoms. The van der Waals surface area contributed by atoms with Crippen LogP contribution in [0.4, 0.5) is 0 Å². The average Bonchev–Trinajstić information content (AvgIpc) is 3.01. The van der Waals surface area contributed by atoms with Crippen molar-refractivity contribution in [3.8, 4) is 17.2 Å². The van der Waals surface area contributed by atoms with Crippen molar-refractivity contribution in [2.75, 3.05) is 12.9 Å². The number of carbonyl (C=O) groups is 5. The Morgan fingerprint density at radius 2 is 1.23 bits per heavy atom. The van der Waals surface area contributed by atoms with Gasteiger partial charge in [-0.3, -0.25) is 9.59 Å². The first-order valence-electron chi connectivity index (χ1n) is 13.5. The minimum absolute atomic E-state index is 0.00248. The maximum absolute atomic E-state index is 12.7. The van der Waals surface area contributed by atoms with Gasteiger partial charge in [-0.05, 0) is 56.0 Å². The lowest BCUT2D eigenvalue weighted by atomic mass is 10.2. The van der Waals surface area contributed by atoms with Crippen LogP contribution in [-0.4, -0.2) is 52.9 Å². The number of aromatic hydroxyl groups is 1. The summed E-state index contributed by atoms with van der Waals surface area (Å²) in [5.41, 5.74) is 0.228. The third kappa shape index (κ3) is 11.6. The van der Waals surface area contributed by atoms with Crippen LogP contribution in [-0.2, 0) is 14.3 Å². The van der Waals surface area contributed by atoms with E-state index in [9.17, 15) is 29.1 Å². The molecule has 0 radical (unpaired) electrons. The zero-order chi connectivity index (χ0) is 32.4. The van der Waals surface area contributed by atoms with E-state index in [1.807, 2.05) is 20.8 Å². The molecule has 0 heterocycles. The van der Waals surface area contributed by atoms with E-state index in [1.54, 1.807) is 55.6 Å². The Balaban J connectivity index is 0.000000558. The zero-order valence-corrected chi connectivity index (χ0v) is 25.9. The Morgan fingerprint density at radius 3 is 1.72 bits per heavy atom. The van der Waals surface area contributed by atoms with Gasteiger partial charge >= 0.3 is 17.9 Å². The number of para-hydroxylation sites is 3. The van der Waals surface area contributed by atoms with Gasteiger partial charge in [0.2, 0.25) is 11.0 Å². The first-order valence-corrected chi connectivity index (χ1v) is 14.8. The molecule has 3 aromatic carbocycles. The van der Waals surface area contributed by atoms with Crippen LogP contribution in [0.2, 0.25) is 0 Å². The number of carbonyl (C=O) groups excluding carboxylic acids is 5. The van der Waals surface area contributed by atoms with E-state index in [-0.39, 0.29) is 50.9 Å². The standard InChI is InChI=1S/C22H16O6S.C8H15NO3.C2H6/c1-29-22(26)16-10-4-7-13-19(16)28-21(25)15-9-3-6-12-18(15)27-20(24)14-8-2-5-11-17(14)23;1-4-7(9-6(3)10)8(11)12-5-2;1-2/h2-13,23H,1H3;7H,4-5H2,1-3H3,(H,9,10);1-2H3. The minimum atomic E-state index is -0.818. The summed E-state index contributed by atoms with van der Waals surface area (Å²) in [6, 6.07) is 17.9. The number of benzene rings is 3. The van der Waals surface area contributed by atoms with Crippen molar-refractivity contribution in [2.24, 2.45) is 0 Å². The fraction of sp³-hybridized carbons (Fsp3) is 0.281. The number of rotatable bonds is 9. The summed E-state index contributed by atoms with van der Waals surface area (Å²) in [4.78, 5) is 58.8. The fourth-order valence-corrected chi connectivity index (χ4v) is 3.72. The van der Waals surface area contributed by atoms with Gasteiger partial charge in [0.25, 0.3) is 0 Å². The largest absolute Gasteiger partial charge is 0.507 e. The van der Waals surface area contributed by atoms with E-state index < -0.39 is 18.0 Å². The third-order valence-corrected chi connectivity index (χ3v) is 5.88. The third-order valence-electron chi connectivity index (χ3n) is 5.29. The molecule has 3 aromatic rings. The van der Waals surface area contributed by atoms with Gasteiger partial charge in [-0.2, -0.15) is 0 Å². The average molecular weight is 612 g/mol. The maximum atomic E-state index is 12.7. The molecule has 11 heteroatoms. The molecule has 1 atom stereocenters. The van der Waals surface area contributed by atoms with E-state index in [1.165, 1.54) is 37.3 Å². The monoisotopic (exact) mass is 611 g/mol. The van der Waals surface area contributed by atoms with Crippen molar-refractivity contribution < 1.29 is 43.3 Å². The number of phenols is 1. The van der Waals surface area contributed by atoms with Crippen LogP contribution >= 0.6 is 11.8 Å². The summed E-state index contributed by atoms with van der Waals surface area (Å²) in [6.07, 6.45) is 2.19. The van der Waals surface area contributed by atoms with Crippen LogP contribution in [0.3, 0.4) is 0 Å². The summed E-state index contributed by atoms with van der Waals surface area (Å²) in [5, 5.41) is 12.1. The molecule has 3 rings (SSSR count). The minimum Gasteiger partial charge on any atom is -0.507 e. The molecule has 1 unspecified atom stereocenters. The highest BCUT2D eigenvalue weighted by atomic mass is 32.2. The highest BCUT2D eigenvalue weighted by Crippen LogP contribution is 2.27. The molecule has 0 fully saturated rings. The molecule has 43 heavy (non-hydrogen) atoms. The number of phenolic OH excluding ortho intramolecular Hbond substituents is 1. The summed E-state index contributed by atoms with van der Waals surface area (Å²) in [5.74, 6) is -2.33. The maximum Gasteiger partial charge on any atom is 0.347 e. The van der Waals surface area contributed by atoms with Gasteiger partial charge in [-0.1, -0.05) is 68.9 Å². The summed E-state index contributed by atoms with van der Waals surface area (Å²) >= 11 is 1.00. The summed E-state index contributed by atoms with van der Waals surface area (Å²) in [6.45, 7) is 9.27. The molecule has 0 spiro atoms. The quantitative estimate of drug-likeness (QED) is 0.224. The van der Waals surface area contributed by atoms with Gasteiger partial charge in [-0.15, -0.1) is 0 Å². The Morgan fingerprint density at radius 1 is 0.767 bits per heavy atom. The van der Waals surface area contributed by atoms with Gasteiger partial charge < -0.3 is 24.6 Å². The molecule has 0 saturated heterocycles. The predicted molar refractivity (Wildman–Crippen MR) is 165 cm³/mol. The van der Waals surface area contributed by atoms with Crippen molar-refractivity contribution in [1.29, 1.82) is 0 Å². The molecule has 0 aromatic heterocycles.